The summed E-state index contributed by atoms with van der Waals surface area (Å²) in [5.41, 5.74) is 1.10. The summed E-state index contributed by atoms with van der Waals surface area (Å²) in [4.78, 5) is 0. The van der Waals surface area contributed by atoms with E-state index in [0.717, 1.165) is 28.0 Å². The number of methoxy groups -OCH3 is 1. The van der Waals surface area contributed by atoms with Crippen molar-refractivity contribution in [2.75, 3.05) is 19.5 Å². The zero-order chi connectivity index (χ0) is 17.5. The second-order valence-electron chi connectivity index (χ2n) is 5.12. The maximum Gasteiger partial charge on any atom is 0.209 e. The van der Waals surface area contributed by atoms with Crippen molar-refractivity contribution in [3.63, 3.8) is 0 Å². The van der Waals surface area contributed by atoms with Crippen molar-refractivity contribution in [1.82, 2.24) is 20.2 Å². The molecule has 8 heteroatoms. The van der Waals surface area contributed by atoms with Gasteiger partial charge in [-0.1, -0.05) is 41.6 Å². The van der Waals surface area contributed by atoms with Gasteiger partial charge in [0.25, 0.3) is 0 Å². The molecule has 3 rings (SSSR count). The number of halogens is 1. The number of benzene rings is 2. The molecule has 0 spiro atoms. The van der Waals surface area contributed by atoms with Crippen LogP contribution in [0.4, 0.5) is 0 Å². The average Bonchev–Trinajstić information content (AvgIpc) is 3.06. The van der Waals surface area contributed by atoms with Gasteiger partial charge in [-0.15, -0.1) is 5.10 Å². The molecule has 130 valence electrons. The fourth-order valence-electron chi connectivity index (χ4n) is 2.15. The van der Waals surface area contributed by atoms with Gasteiger partial charge in [0.05, 0.1) is 20.3 Å². The molecule has 0 bridgehead atoms. The van der Waals surface area contributed by atoms with Crippen LogP contribution in [0.5, 0.6) is 11.5 Å². The van der Waals surface area contributed by atoms with Crippen molar-refractivity contribution in [3.8, 4) is 11.5 Å². The number of hydrogen-bond acceptors (Lipinski definition) is 6. The molecule has 0 unspecified atom stereocenters. The van der Waals surface area contributed by atoms with E-state index in [1.807, 2.05) is 42.5 Å². The van der Waals surface area contributed by atoms with Crippen molar-refractivity contribution < 1.29 is 9.47 Å². The highest BCUT2D eigenvalue weighted by molar-refractivity contribution is 7.99. The Morgan fingerprint density at radius 1 is 1.12 bits per heavy atom. The van der Waals surface area contributed by atoms with Crippen molar-refractivity contribution in [2.45, 2.75) is 11.7 Å². The van der Waals surface area contributed by atoms with Crippen LogP contribution in [0, 0.1) is 0 Å². The fraction of sp³-hybridized carbons (Fsp3) is 0.235. The second kappa shape index (κ2) is 8.73. The summed E-state index contributed by atoms with van der Waals surface area (Å²) < 4.78 is 12.6. The van der Waals surface area contributed by atoms with Gasteiger partial charge in [-0.25, -0.2) is 4.68 Å². The maximum atomic E-state index is 5.93. The normalized spacial score (nSPS) is 10.6. The molecular weight excluding hydrogens is 360 g/mol. The lowest BCUT2D eigenvalue weighted by atomic mass is 10.2. The minimum absolute atomic E-state index is 0.542. The minimum atomic E-state index is 0.542. The molecule has 0 amide bonds. The largest absolute Gasteiger partial charge is 0.497 e. The van der Waals surface area contributed by atoms with Crippen LogP contribution in [0.2, 0.25) is 5.02 Å². The molecule has 0 fully saturated rings. The third-order valence-electron chi connectivity index (χ3n) is 3.37. The van der Waals surface area contributed by atoms with Crippen molar-refractivity contribution in [2.24, 2.45) is 0 Å². The molecule has 6 nitrogen and oxygen atoms in total. The van der Waals surface area contributed by atoms with Crippen LogP contribution in [0.25, 0.3) is 0 Å². The van der Waals surface area contributed by atoms with Crippen LogP contribution in [0.15, 0.2) is 53.7 Å². The van der Waals surface area contributed by atoms with E-state index in [4.69, 9.17) is 21.1 Å². The second-order valence-corrected chi connectivity index (χ2v) is 6.62. The summed E-state index contributed by atoms with van der Waals surface area (Å²) >= 11 is 7.48. The first-order valence-corrected chi connectivity index (χ1v) is 9.01. The molecule has 0 atom stereocenters. The molecule has 2 aromatic carbocycles. The van der Waals surface area contributed by atoms with Crippen molar-refractivity contribution in [3.05, 3.63) is 59.1 Å². The smallest absolute Gasteiger partial charge is 0.209 e. The summed E-state index contributed by atoms with van der Waals surface area (Å²) in [6.07, 6.45) is 0. The lowest BCUT2D eigenvalue weighted by Crippen LogP contribution is -2.06. The number of aromatic nitrogens is 4. The average molecular weight is 377 g/mol. The zero-order valence-electron chi connectivity index (χ0n) is 13.6. The molecule has 25 heavy (non-hydrogen) atoms. The van der Waals surface area contributed by atoms with Crippen LogP contribution < -0.4 is 9.47 Å². The van der Waals surface area contributed by atoms with Crippen LogP contribution in [-0.4, -0.2) is 39.7 Å². The van der Waals surface area contributed by atoms with Crippen LogP contribution >= 0.6 is 23.4 Å². The fourth-order valence-corrected chi connectivity index (χ4v) is 3.03. The monoisotopic (exact) mass is 376 g/mol. The van der Waals surface area contributed by atoms with Gasteiger partial charge in [-0.3, -0.25) is 0 Å². The van der Waals surface area contributed by atoms with E-state index in [0.29, 0.717) is 18.2 Å². The topological polar surface area (TPSA) is 62.1 Å². The van der Waals surface area contributed by atoms with Crippen LogP contribution in [0.1, 0.15) is 5.56 Å². The van der Waals surface area contributed by atoms with Gasteiger partial charge in [-0.2, -0.15) is 0 Å². The predicted octanol–water partition coefficient (Wildman–Crippen LogP) is 3.55. The Morgan fingerprint density at radius 2 is 1.96 bits per heavy atom. The molecule has 0 saturated carbocycles. The zero-order valence-corrected chi connectivity index (χ0v) is 15.2. The lowest BCUT2D eigenvalue weighted by Gasteiger charge is -2.07. The molecule has 0 aliphatic carbocycles. The molecule has 3 aromatic rings. The maximum absolute atomic E-state index is 5.93. The Hall–Kier alpha value is -2.25. The number of nitrogens with zero attached hydrogens (tertiary/aromatic N) is 4. The Kier molecular flexibility index (Phi) is 6.14. The van der Waals surface area contributed by atoms with Gasteiger partial charge in [0, 0.05) is 10.8 Å². The van der Waals surface area contributed by atoms with E-state index in [9.17, 15) is 0 Å². The Morgan fingerprint density at radius 3 is 2.72 bits per heavy atom. The Labute approximate surface area is 155 Å². The first-order valence-electron chi connectivity index (χ1n) is 7.65. The lowest BCUT2D eigenvalue weighted by molar-refractivity contribution is 0.344. The summed E-state index contributed by atoms with van der Waals surface area (Å²) in [7, 11) is 1.65. The molecule has 0 N–H and O–H groups in total. The number of thioether (sulfide) groups is 1. The van der Waals surface area contributed by atoms with Gasteiger partial charge in [0.2, 0.25) is 5.16 Å². The molecule has 0 aliphatic rings. The van der Waals surface area contributed by atoms with Crippen LogP contribution in [0.3, 0.4) is 0 Å². The molecule has 1 heterocycles. The number of rotatable bonds is 8. The van der Waals surface area contributed by atoms with E-state index < -0.39 is 0 Å². The van der Waals surface area contributed by atoms with Crippen molar-refractivity contribution >= 4 is 23.4 Å². The van der Waals surface area contributed by atoms with E-state index in [2.05, 4.69) is 15.5 Å². The van der Waals surface area contributed by atoms with Crippen LogP contribution in [-0.2, 0) is 6.54 Å². The molecule has 0 saturated heterocycles. The third-order valence-corrected chi connectivity index (χ3v) is 4.53. The number of tetrazole rings is 1. The number of hydrogen-bond donors (Lipinski definition) is 0. The summed E-state index contributed by atoms with van der Waals surface area (Å²) in [6, 6.07) is 15.2. The first kappa shape index (κ1) is 17.6. The third kappa shape index (κ3) is 5.11. The highest BCUT2D eigenvalue weighted by Gasteiger charge is 2.08. The van der Waals surface area contributed by atoms with E-state index in [1.165, 1.54) is 0 Å². The van der Waals surface area contributed by atoms with Gasteiger partial charge in [0.15, 0.2) is 0 Å². The Bertz CT molecular complexity index is 810. The minimum Gasteiger partial charge on any atom is -0.497 e. The van der Waals surface area contributed by atoms with Gasteiger partial charge >= 0.3 is 0 Å². The standard InChI is InChI=1S/C17H17ClN4O2S/c1-23-15-7-5-13(6-8-15)12-22-17(19-20-21-22)25-10-9-24-16-4-2-3-14(18)11-16/h2-8,11H,9-10,12H2,1H3. The van der Waals surface area contributed by atoms with Crippen molar-refractivity contribution in [1.29, 1.82) is 0 Å². The van der Waals surface area contributed by atoms with Gasteiger partial charge < -0.3 is 9.47 Å². The summed E-state index contributed by atoms with van der Waals surface area (Å²) in [6.45, 7) is 1.15. The molecule has 0 aliphatic heterocycles. The van der Waals surface area contributed by atoms with E-state index >= 15 is 0 Å². The highest BCUT2D eigenvalue weighted by atomic mass is 35.5. The molecule has 1 aromatic heterocycles. The van der Waals surface area contributed by atoms with E-state index in [-0.39, 0.29) is 0 Å². The highest BCUT2D eigenvalue weighted by Crippen LogP contribution is 2.19. The Balaban J connectivity index is 1.51. The number of ether oxygens (including phenoxy) is 2. The van der Waals surface area contributed by atoms with Gasteiger partial charge in [0.1, 0.15) is 11.5 Å². The summed E-state index contributed by atoms with van der Waals surface area (Å²) in [5, 5.41) is 13.3. The summed E-state index contributed by atoms with van der Waals surface area (Å²) in [5.74, 6) is 2.31. The SMILES string of the molecule is COc1ccc(Cn2nnnc2SCCOc2cccc(Cl)c2)cc1. The quantitative estimate of drug-likeness (QED) is 0.442. The van der Waals surface area contributed by atoms with Gasteiger partial charge in [-0.05, 0) is 46.3 Å². The van der Waals surface area contributed by atoms with E-state index in [1.54, 1.807) is 29.6 Å². The molecular formula is C17H17ClN4O2S. The predicted molar refractivity (Wildman–Crippen MR) is 97.6 cm³/mol. The first-order chi connectivity index (χ1) is 12.2. The molecule has 0 radical (unpaired) electrons.